The van der Waals surface area contributed by atoms with Gasteiger partial charge in [0.1, 0.15) is 5.76 Å². The highest BCUT2D eigenvalue weighted by Crippen LogP contribution is 2.04. The summed E-state index contributed by atoms with van der Waals surface area (Å²) in [7, 11) is 0. The van der Waals surface area contributed by atoms with Gasteiger partial charge in [-0.1, -0.05) is 19.8 Å². The quantitative estimate of drug-likeness (QED) is 0.726. The Morgan fingerprint density at radius 1 is 1.59 bits per heavy atom. The van der Waals surface area contributed by atoms with Crippen LogP contribution in [0.15, 0.2) is 22.8 Å². The van der Waals surface area contributed by atoms with E-state index in [0.29, 0.717) is 19.4 Å². The lowest BCUT2D eigenvalue weighted by atomic mass is 10.1. The molecule has 1 atom stereocenters. The first-order valence-corrected chi connectivity index (χ1v) is 6.28. The molecule has 0 saturated heterocycles. The number of aryl methyl sites for hydroxylation is 1. The molecule has 0 bridgehead atoms. The molecule has 0 aromatic carbocycles. The number of nitrogens with one attached hydrogen (secondary N) is 1. The van der Waals surface area contributed by atoms with Gasteiger partial charge in [0, 0.05) is 25.4 Å². The fourth-order valence-electron chi connectivity index (χ4n) is 1.69. The average Bonchev–Trinajstić information content (AvgIpc) is 2.85. The van der Waals surface area contributed by atoms with Crippen LogP contribution in [0.3, 0.4) is 0 Å². The zero-order valence-corrected chi connectivity index (χ0v) is 10.4. The lowest BCUT2D eigenvalue weighted by Crippen LogP contribution is -2.40. The summed E-state index contributed by atoms with van der Waals surface area (Å²) in [6.45, 7) is 2.64. The van der Waals surface area contributed by atoms with E-state index in [9.17, 15) is 4.79 Å². The van der Waals surface area contributed by atoms with Gasteiger partial charge in [-0.3, -0.25) is 4.79 Å². The zero-order valence-electron chi connectivity index (χ0n) is 10.4. The SMILES string of the molecule is CCCCC(CN)NC(=O)CCc1ccco1. The third kappa shape index (κ3) is 5.54. The Bertz CT molecular complexity index is 309. The summed E-state index contributed by atoms with van der Waals surface area (Å²) in [4.78, 5) is 11.7. The van der Waals surface area contributed by atoms with E-state index in [2.05, 4.69) is 12.2 Å². The molecule has 4 heteroatoms. The molecule has 4 nitrogen and oxygen atoms in total. The van der Waals surface area contributed by atoms with Crippen molar-refractivity contribution in [2.24, 2.45) is 5.73 Å². The first kappa shape index (κ1) is 13.8. The molecule has 1 aromatic heterocycles. The minimum absolute atomic E-state index is 0.0490. The van der Waals surface area contributed by atoms with Crippen molar-refractivity contribution < 1.29 is 9.21 Å². The van der Waals surface area contributed by atoms with Gasteiger partial charge < -0.3 is 15.5 Å². The monoisotopic (exact) mass is 238 g/mol. The highest BCUT2D eigenvalue weighted by atomic mass is 16.3. The van der Waals surface area contributed by atoms with Gasteiger partial charge in [-0.25, -0.2) is 0 Å². The van der Waals surface area contributed by atoms with Gasteiger partial charge in [0.2, 0.25) is 5.91 Å². The largest absolute Gasteiger partial charge is 0.469 e. The van der Waals surface area contributed by atoms with Crippen LogP contribution in [0, 0.1) is 0 Å². The molecule has 0 aliphatic rings. The number of furan rings is 1. The van der Waals surface area contributed by atoms with Crippen molar-refractivity contribution in [3.63, 3.8) is 0 Å². The summed E-state index contributed by atoms with van der Waals surface area (Å²) < 4.78 is 5.18. The zero-order chi connectivity index (χ0) is 12.5. The van der Waals surface area contributed by atoms with Crippen LogP contribution < -0.4 is 11.1 Å². The molecule has 1 rings (SSSR count). The number of carbonyl (C=O) groups is 1. The van der Waals surface area contributed by atoms with E-state index in [1.165, 1.54) is 0 Å². The highest BCUT2D eigenvalue weighted by Gasteiger charge is 2.10. The van der Waals surface area contributed by atoms with Crippen LogP contribution in [0.2, 0.25) is 0 Å². The Labute approximate surface area is 103 Å². The van der Waals surface area contributed by atoms with E-state index in [1.54, 1.807) is 6.26 Å². The second-order valence-corrected chi connectivity index (χ2v) is 4.22. The smallest absolute Gasteiger partial charge is 0.220 e. The van der Waals surface area contributed by atoms with E-state index in [0.717, 1.165) is 25.0 Å². The molecule has 1 unspecified atom stereocenters. The topological polar surface area (TPSA) is 68.3 Å². The third-order valence-corrected chi connectivity index (χ3v) is 2.73. The van der Waals surface area contributed by atoms with Crippen molar-refractivity contribution in [2.45, 2.75) is 45.1 Å². The molecule has 96 valence electrons. The number of hydrogen-bond acceptors (Lipinski definition) is 3. The van der Waals surface area contributed by atoms with E-state index >= 15 is 0 Å². The van der Waals surface area contributed by atoms with Gasteiger partial charge in [0.05, 0.1) is 6.26 Å². The van der Waals surface area contributed by atoms with Gasteiger partial charge in [0.15, 0.2) is 0 Å². The Morgan fingerprint density at radius 2 is 2.41 bits per heavy atom. The number of amides is 1. The molecule has 0 aliphatic heterocycles. The molecule has 1 amide bonds. The maximum atomic E-state index is 11.7. The number of rotatable bonds is 8. The number of unbranched alkanes of at least 4 members (excludes halogenated alkanes) is 1. The number of hydrogen-bond donors (Lipinski definition) is 2. The lowest BCUT2D eigenvalue weighted by Gasteiger charge is -2.16. The normalized spacial score (nSPS) is 12.4. The second kappa shape index (κ2) is 7.90. The Balaban J connectivity index is 2.22. The molecule has 0 saturated carbocycles. The van der Waals surface area contributed by atoms with Crippen LogP contribution in [0.4, 0.5) is 0 Å². The molecule has 0 fully saturated rings. The first-order chi connectivity index (χ1) is 8.26. The third-order valence-electron chi connectivity index (χ3n) is 2.73. The molecular formula is C13H22N2O2. The van der Waals surface area contributed by atoms with Crippen LogP contribution >= 0.6 is 0 Å². The predicted octanol–water partition coefficient (Wildman–Crippen LogP) is 1.85. The fraction of sp³-hybridized carbons (Fsp3) is 0.615. The summed E-state index contributed by atoms with van der Waals surface area (Å²) >= 11 is 0. The summed E-state index contributed by atoms with van der Waals surface area (Å²) in [5.74, 6) is 0.894. The van der Waals surface area contributed by atoms with Crippen molar-refractivity contribution in [3.05, 3.63) is 24.2 Å². The van der Waals surface area contributed by atoms with E-state index < -0.39 is 0 Å². The van der Waals surface area contributed by atoms with Crippen molar-refractivity contribution >= 4 is 5.91 Å². The van der Waals surface area contributed by atoms with Crippen LogP contribution in [0.1, 0.15) is 38.4 Å². The van der Waals surface area contributed by atoms with Gasteiger partial charge in [-0.15, -0.1) is 0 Å². The minimum Gasteiger partial charge on any atom is -0.469 e. The van der Waals surface area contributed by atoms with Crippen molar-refractivity contribution in [1.29, 1.82) is 0 Å². The Kier molecular flexibility index (Phi) is 6.40. The summed E-state index contributed by atoms with van der Waals surface area (Å²) in [5, 5.41) is 2.96. The van der Waals surface area contributed by atoms with Gasteiger partial charge in [-0.2, -0.15) is 0 Å². The number of carbonyl (C=O) groups excluding carboxylic acids is 1. The molecule has 1 heterocycles. The Hall–Kier alpha value is -1.29. The van der Waals surface area contributed by atoms with Crippen LogP contribution in [-0.2, 0) is 11.2 Å². The second-order valence-electron chi connectivity index (χ2n) is 4.22. The highest BCUT2D eigenvalue weighted by molar-refractivity contribution is 5.76. The van der Waals surface area contributed by atoms with Crippen molar-refractivity contribution in [1.82, 2.24) is 5.32 Å². The molecule has 0 aliphatic carbocycles. The fourth-order valence-corrected chi connectivity index (χ4v) is 1.69. The maximum Gasteiger partial charge on any atom is 0.220 e. The molecular weight excluding hydrogens is 216 g/mol. The Morgan fingerprint density at radius 3 is 3.00 bits per heavy atom. The van der Waals surface area contributed by atoms with E-state index in [1.807, 2.05) is 12.1 Å². The standard InChI is InChI=1S/C13H22N2O2/c1-2-3-5-11(10-14)15-13(16)8-7-12-6-4-9-17-12/h4,6,9,11H,2-3,5,7-8,10,14H2,1H3,(H,15,16). The minimum atomic E-state index is 0.0490. The van der Waals surface area contributed by atoms with Crippen LogP contribution in [0.5, 0.6) is 0 Å². The van der Waals surface area contributed by atoms with Crippen LogP contribution in [-0.4, -0.2) is 18.5 Å². The predicted molar refractivity (Wildman–Crippen MR) is 67.5 cm³/mol. The average molecular weight is 238 g/mol. The lowest BCUT2D eigenvalue weighted by molar-refractivity contribution is -0.121. The van der Waals surface area contributed by atoms with Gasteiger partial charge >= 0.3 is 0 Å². The summed E-state index contributed by atoms with van der Waals surface area (Å²) in [6.07, 6.45) is 5.90. The molecule has 17 heavy (non-hydrogen) atoms. The molecule has 3 N–H and O–H groups in total. The molecule has 0 spiro atoms. The first-order valence-electron chi connectivity index (χ1n) is 6.28. The maximum absolute atomic E-state index is 11.7. The molecule has 0 radical (unpaired) electrons. The van der Waals surface area contributed by atoms with Gasteiger partial charge in [-0.05, 0) is 18.6 Å². The number of nitrogens with two attached hydrogens (primary N) is 1. The van der Waals surface area contributed by atoms with Crippen LogP contribution in [0.25, 0.3) is 0 Å². The summed E-state index contributed by atoms with van der Waals surface area (Å²) in [5.41, 5.74) is 5.62. The van der Waals surface area contributed by atoms with Crippen molar-refractivity contribution in [2.75, 3.05) is 6.54 Å². The molecule has 1 aromatic rings. The van der Waals surface area contributed by atoms with E-state index in [4.69, 9.17) is 10.2 Å². The van der Waals surface area contributed by atoms with E-state index in [-0.39, 0.29) is 11.9 Å². The summed E-state index contributed by atoms with van der Waals surface area (Å²) in [6, 6.07) is 3.82. The van der Waals surface area contributed by atoms with Crippen molar-refractivity contribution in [3.8, 4) is 0 Å². The van der Waals surface area contributed by atoms with Gasteiger partial charge in [0.25, 0.3) is 0 Å².